The number of para-hydroxylation sites is 1. The molecule has 2 aromatic rings. The highest BCUT2D eigenvalue weighted by molar-refractivity contribution is 6.27. The van der Waals surface area contributed by atoms with E-state index in [4.69, 9.17) is 16.3 Å². The number of carbonyl (C=O) groups excluding carboxylic acids is 2. The maximum atomic E-state index is 12.5. The zero-order valence-electron chi connectivity index (χ0n) is 14.9. The van der Waals surface area contributed by atoms with Gasteiger partial charge in [-0.1, -0.05) is 18.2 Å². The van der Waals surface area contributed by atoms with E-state index in [9.17, 15) is 9.59 Å². The molecule has 1 aliphatic heterocycles. The number of aryl methyl sites for hydroxylation is 1. The first-order valence-corrected chi connectivity index (χ1v) is 9.33. The van der Waals surface area contributed by atoms with E-state index >= 15 is 0 Å². The fourth-order valence-corrected chi connectivity index (χ4v) is 3.53. The lowest BCUT2D eigenvalue weighted by molar-refractivity contribution is -0.125. The van der Waals surface area contributed by atoms with Crippen molar-refractivity contribution in [2.45, 2.75) is 31.8 Å². The molecule has 1 fully saturated rings. The predicted octanol–water partition coefficient (Wildman–Crippen LogP) is 1.97. The third-order valence-electron chi connectivity index (χ3n) is 4.92. The maximum Gasteiger partial charge on any atom is 0.240 e. The quantitative estimate of drug-likeness (QED) is 0.756. The molecule has 26 heavy (non-hydrogen) atoms. The zero-order chi connectivity index (χ0) is 18.6. The van der Waals surface area contributed by atoms with Crippen LogP contribution < -0.4 is 10.6 Å². The molecular formula is C19H24ClN3O3. The SMILES string of the molecule is Cc1cc2ccccc2n1CC(=O)NCC1(NC(=O)CCl)CCOCC1. The van der Waals surface area contributed by atoms with E-state index in [0.717, 1.165) is 16.6 Å². The highest BCUT2D eigenvalue weighted by Crippen LogP contribution is 2.21. The molecule has 2 amide bonds. The van der Waals surface area contributed by atoms with Crippen LogP contribution in [0.5, 0.6) is 0 Å². The molecule has 0 spiro atoms. The second-order valence-electron chi connectivity index (χ2n) is 6.78. The summed E-state index contributed by atoms with van der Waals surface area (Å²) >= 11 is 5.63. The Bertz CT molecular complexity index is 796. The van der Waals surface area contributed by atoms with Gasteiger partial charge in [0, 0.05) is 31.0 Å². The lowest BCUT2D eigenvalue weighted by Crippen LogP contribution is -2.58. The Balaban J connectivity index is 1.66. The molecule has 7 heteroatoms. The van der Waals surface area contributed by atoms with Crippen LogP contribution in [0.15, 0.2) is 30.3 Å². The van der Waals surface area contributed by atoms with E-state index in [1.54, 1.807) is 0 Å². The lowest BCUT2D eigenvalue weighted by atomic mass is 9.89. The molecule has 1 aliphatic rings. The highest BCUT2D eigenvalue weighted by Gasteiger charge is 2.34. The van der Waals surface area contributed by atoms with E-state index < -0.39 is 5.54 Å². The summed E-state index contributed by atoms with van der Waals surface area (Å²) in [4.78, 5) is 24.3. The molecule has 0 bridgehead atoms. The smallest absolute Gasteiger partial charge is 0.240 e. The van der Waals surface area contributed by atoms with Crippen LogP contribution in [0.25, 0.3) is 10.9 Å². The molecule has 0 aliphatic carbocycles. The number of fused-ring (bicyclic) bond motifs is 1. The minimum Gasteiger partial charge on any atom is -0.381 e. The van der Waals surface area contributed by atoms with Gasteiger partial charge >= 0.3 is 0 Å². The molecule has 2 N–H and O–H groups in total. The number of nitrogens with one attached hydrogen (secondary N) is 2. The molecule has 1 aromatic heterocycles. The Morgan fingerprint density at radius 3 is 2.69 bits per heavy atom. The van der Waals surface area contributed by atoms with Crippen LogP contribution in [0.2, 0.25) is 0 Å². The molecule has 0 saturated carbocycles. The summed E-state index contributed by atoms with van der Waals surface area (Å²) in [6, 6.07) is 10.1. The Hall–Kier alpha value is -2.05. The van der Waals surface area contributed by atoms with E-state index in [-0.39, 0.29) is 24.2 Å². The van der Waals surface area contributed by atoms with Gasteiger partial charge in [0.15, 0.2) is 0 Å². The first kappa shape index (κ1) is 18.7. The van der Waals surface area contributed by atoms with Crippen molar-refractivity contribution in [2.24, 2.45) is 0 Å². The number of aromatic nitrogens is 1. The minimum absolute atomic E-state index is 0.0829. The van der Waals surface area contributed by atoms with E-state index in [0.29, 0.717) is 32.6 Å². The van der Waals surface area contributed by atoms with Crippen molar-refractivity contribution >= 4 is 34.3 Å². The van der Waals surface area contributed by atoms with Crippen molar-refractivity contribution in [1.29, 1.82) is 0 Å². The van der Waals surface area contributed by atoms with Crippen LogP contribution in [0.4, 0.5) is 0 Å². The number of carbonyl (C=O) groups is 2. The standard InChI is InChI=1S/C19H24ClN3O3/c1-14-10-15-4-2-3-5-16(15)23(14)12-18(25)21-13-19(22-17(24)11-20)6-8-26-9-7-19/h2-5,10H,6-9,11-13H2,1H3,(H,21,25)(H,22,24). The van der Waals surface area contributed by atoms with Crippen molar-refractivity contribution in [2.75, 3.05) is 25.6 Å². The van der Waals surface area contributed by atoms with Gasteiger partial charge in [0.2, 0.25) is 11.8 Å². The Labute approximate surface area is 157 Å². The average molecular weight is 378 g/mol. The Morgan fingerprint density at radius 2 is 1.96 bits per heavy atom. The second kappa shape index (κ2) is 8.10. The Kier molecular flexibility index (Phi) is 5.84. The maximum absolute atomic E-state index is 12.5. The summed E-state index contributed by atoms with van der Waals surface area (Å²) in [5.74, 6) is -0.402. The largest absolute Gasteiger partial charge is 0.381 e. The van der Waals surface area contributed by atoms with Crippen molar-refractivity contribution in [3.63, 3.8) is 0 Å². The van der Waals surface area contributed by atoms with Gasteiger partial charge in [0.1, 0.15) is 12.4 Å². The lowest BCUT2D eigenvalue weighted by Gasteiger charge is -2.38. The molecule has 2 heterocycles. The number of benzene rings is 1. The molecular weight excluding hydrogens is 354 g/mol. The average Bonchev–Trinajstić information content (AvgIpc) is 2.96. The summed E-state index contributed by atoms with van der Waals surface area (Å²) in [6.07, 6.45) is 1.31. The molecule has 6 nitrogen and oxygen atoms in total. The predicted molar refractivity (Wildman–Crippen MR) is 101 cm³/mol. The molecule has 1 aromatic carbocycles. The van der Waals surface area contributed by atoms with Crippen LogP contribution in [0.1, 0.15) is 18.5 Å². The van der Waals surface area contributed by atoms with Gasteiger partial charge in [0.05, 0.1) is 5.54 Å². The van der Waals surface area contributed by atoms with Gasteiger partial charge in [-0.15, -0.1) is 11.6 Å². The van der Waals surface area contributed by atoms with Gasteiger partial charge in [-0.3, -0.25) is 9.59 Å². The van der Waals surface area contributed by atoms with E-state index in [1.165, 1.54) is 0 Å². The number of hydrogen-bond donors (Lipinski definition) is 2. The number of alkyl halides is 1. The first-order chi connectivity index (χ1) is 12.5. The summed E-state index contributed by atoms with van der Waals surface area (Å²) in [6.45, 7) is 3.72. The number of rotatable bonds is 6. The molecule has 140 valence electrons. The topological polar surface area (TPSA) is 72.4 Å². The normalized spacial score (nSPS) is 16.4. The van der Waals surface area contributed by atoms with Gasteiger partial charge in [-0.25, -0.2) is 0 Å². The minimum atomic E-state index is -0.492. The highest BCUT2D eigenvalue weighted by atomic mass is 35.5. The van der Waals surface area contributed by atoms with E-state index in [2.05, 4.69) is 16.7 Å². The van der Waals surface area contributed by atoms with Gasteiger partial charge in [-0.05, 0) is 37.3 Å². The van der Waals surface area contributed by atoms with Gasteiger partial charge in [-0.2, -0.15) is 0 Å². The Morgan fingerprint density at radius 1 is 1.23 bits per heavy atom. The van der Waals surface area contributed by atoms with E-state index in [1.807, 2.05) is 35.8 Å². The number of hydrogen-bond acceptors (Lipinski definition) is 3. The molecule has 3 rings (SSSR count). The molecule has 0 radical (unpaired) electrons. The third kappa shape index (κ3) is 4.19. The number of halogens is 1. The molecule has 1 saturated heterocycles. The number of amides is 2. The molecule has 0 atom stereocenters. The summed E-state index contributed by atoms with van der Waals surface area (Å²) in [5.41, 5.74) is 1.59. The fourth-order valence-electron chi connectivity index (χ4n) is 3.46. The van der Waals surface area contributed by atoms with Crippen LogP contribution in [0.3, 0.4) is 0 Å². The van der Waals surface area contributed by atoms with Crippen LogP contribution >= 0.6 is 11.6 Å². The molecule has 0 unspecified atom stereocenters. The monoisotopic (exact) mass is 377 g/mol. The third-order valence-corrected chi connectivity index (χ3v) is 5.16. The van der Waals surface area contributed by atoms with Crippen LogP contribution in [-0.4, -0.2) is 47.6 Å². The first-order valence-electron chi connectivity index (χ1n) is 8.79. The van der Waals surface area contributed by atoms with Crippen molar-refractivity contribution in [1.82, 2.24) is 15.2 Å². The summed E-state index contributed by atoms with van der Waals surface area (Å²) in [5, 5.41) is 7.06. The summed E-state index contributed by atoms with van der Waals surface area (Å²) < 4.78 is 7.39. The summed E-state index contributed by atoms with van der Waals surface area (Å²) in [7, 11) is 0. The van der Waals surface area contributed by atoms with Crippen molar-refractivity contribution < 1.29 is 14.3 Å². The van der Waals surface area contributed by atoms with Gasteiger partial charge < -0.3 is 19.9 Å². The van der Waals surface area contributed by atoms with Crippen LogP contribution in [-0.2, 0) is 20.9 Å². The van der Waals surface area contributed by atoms with Gasteiger partial charge in [0.25, 0.3) is 0 Å². The fraction of sp³-hybridized carbons (Fsp3) is 0.474. The second-order valence-corrected chi connectivity index (χ2v) is 7.05. The van der Waals surface area contributed by atoms with Crippen molar-refractivity contribution in [3.05, 3.63) is 36.0 Å². The van der Waals surface area contributed by atoms with Crippen LogP contribution in [0, 0.1) is 6.92 Å². The van der Waals surface area contributed by atoms with Crippen molar-refractivity contribution in [3.8, 4) is 0 Å². The number of ether oxygens (including phenoxy) is 1. The number of nitrogens with zero attached hydrogens (tertiary/aromatic N) is 1. The zero-order valence-corrected chi connectivity index (χ0v) is 15.6.